The number of nitrogens with zero attached hydrogens (tertiary/aromatic N) is 3. The van der Waals surface area contributed by atoms with E-state index < -0.39 is 0 Å². The molecule has 9 heteroatoms. The van der Waals surface area contributed by atoms with Gasteiger partial charge in [-0.1, -0.05) is 25.2 Å². The highest BCUT2D eigenvalue weighted by Crippen LogP contribution is 2.24. The number of rotatable bonds is 4. The van der Waals surface area contributed by atoms with Gasteiger partial charge < -0.3 is 5.43 Å². The molecule has 0 fully saturated rings. The Bertz CT molecular complexity index is 629. The van der Waals surface area contributed by atoms with Crippen LogP contribution in [0.5, 0.6) is 0 Å². The molecule has 2 rings (SSSR count). The van der Waals surface area contributed by atoms with Gasteiger partial charge in [0.15, 0.2) is 10.8 Å². The second kappa shape index (κ2) is 6.25. The lowest BCUT2D eigenvalue weighted by Crippen LogP contribution is -2.20. The fraction of sp³-hybridized carbons (Fsp3) is 0.273. The number of hydrazine groups is 1. The van der Waals surface area contributed by atoms with Crippen molar-refractivity contribution in [3.05, 3.63) is 27.7 Å². The van der Waals surface area contributed by atoms with Crippen LogP contribution in [0.25, 0.3) is 0 Å². The molecular formula is C11H13BrN6OS. The van der Waals surface area contributed by atoms with Gasteiger partial charge in [-0.05, 0) is 15.9 Å². The van der Waals surface area contributed by atoms with Gasteiger partial charge in [-0.15, -0.1) is 0 Å². The molecule has 0 aliphatic rings. The zero-order valence-electron chi connectivity index (χ0n) is 10.8. The van der Waals surface area contributed by atoms with Crippen molar-refractivity contribution in [3.8, 4) is 0 Å². The van der Waals surface area contributed by atoms with Crippen LogP contribution in [0, 0.1) is 0 Å². The minimum Gasteiger partial charge on any atom is -0.321 e. The van der Waals surface area contributed by atoms with E-state index in [9.17, 15) is 4.79 Å². The topological polar surface area (TPSA) is 106 Å². The summed E-state index contributed by atoms with van der Waals surface area (Å²) in [6.45, 7) is 3.90. The highest BCUT2D eigenvalue weighted by molar-refractivity contribution is 9.11. The Hall–Kier alpha value is -1.58. The molecule has 0 saturated heterocycles. The van der Waals surface area contributed by atoms with E-state index >= 15 is 0 Å². The molecule has 0 saturated carbocycles. The molecule has 0 bridgehead atoms. The van der Waals surface area contributed by atoms with Crippen LogP contribution in [0.15, 0.2) is 16.2 Å². The minimum atomic E-state index is -0.385. The molecule has 2 aromatic rings. The van der Waals surface area contributed by atoms with Gasteiger partial charge >= 0.3 is 0 Å². The molecule has 4 N–H and O–H groups in total. The van der Waals surface area contributed by atoms with E-state index in [1.807, 2.05) is 13.8 Å². The number of amides is 1. The average molecular weight is 357 g/mol. The minimum absolute atomic E-state index is 0.113. The van der Waals surface area contributed by atoms with E-state index in [1.165, 1.54) is 17.5 Å². The van der Waals surface area contributed by atoms with Gasteiger partial charge in [-0.3, -0.25) is 16.0 Å². The van der Waals surface area contributed by atoms with Gasteiger partial charge in [0, 0.05) is 5.92 Å². The third-order valence-electron chi connectivity index (χ3n) is 2.39. The van der Waals surface area contributed by atoms with E-state index in [4.69, 9.17) is 5.84 Å². The van der Waals surface area contributed by atoms with Crippen molar-refractivity contribution in [3.63, 3.8) is 0 Å². The summed E-state index contributed by atoms with van der Waals surface area (Å²) in [7, 11) is 0. The monoisotopic (exact) mass is 356 g/mol. The molecule has 7 nitrogen and oxygen atoms in total. The molecule has 2 heterocycles. The quantitative estimate of drug-likeness (QED) is 0.573. The second-order valence-electron chi connectivity index (χ2n) is 4.21. The highest BCUT2D eigenvalue weighted by atomic mass is 79.9. The highest BCUT2D eigenvalue weighted by Gasteiger charge is 2.17. The maximum Gasteiger partial charge on any atom is 0.278 e. The van der Waals surface area contributed by atoms with E-state index in [1.54, 1.807) is 6.20 Å². The Morgan fingerprint density at radius 3 is 2.70 bits per heavy atom. The normalized spacial score (nSPS) is 10.7. The number of nitrogen functional groups attached to an aromatic ring is 1. The summed E-state index contributed by atoms with van der Waals surface area (Å²) < 4.78 is 0.829. The zero-order chi connectivity index (χ0) is 14.7. The van der Waals surface area contributed by atoms with Crippen LogP contribution >= 0.6 is 27.3 Å². The van der Waals surface area contributed by atoms with Crippen LogP contribution in [0.1, 0.15) is 36.1 Å². The molecule has 106 valence electrons. The first-order valence-electron chi connectivity index (χ1n) is 5.77. The van der Waals surface area contributed by atoms with Crippen molar-refractivity contribution in [1.82, 2.24) is 15.0 Å². The predicted molar refractivity (Wildman–Crippen MR) is 81.7 cm³/mol. The number of nitrogens with two attached hydrogens (primary N) is 1. The van der Waals surface area contributed by atoms with Crippen molar-refractivity contribution in [2.75, 3.05) is 10.7 Å². The summed E-state index contributed by atoms with van der Waals surface area (Å²) >= 11 is 4.60. The van der Waals surface area contributed by atoms with E-state index in [0.717, 1.165) is 3.79 Å². The standard InChI is InChI=1S/C11H13BrN6OS/c1-5(2)9-14-3-6(18-13)8(16-9)10(19)17-11-15-4-7(12)20-11/h3-5,18H,13H2,1-2H3,(H,15,17,19). The summed E-state index contributed by atoms with van der Waals surface area (Å²) in [5, 5.41) is 3.15. The van der Waals surface area contributed by atoms with Gasteiger partial charge in [0.1, 0.15) is 5.82 Å². The Balaban J connectivity index is 2.29. The number of carbonyl (C=O) groups is 1. The first kappa shape index (κ1) is 14.8. The number of hydrogen-bond acceptors (Lipinski definition) is 7. The number of halogens is 1. The fourth-order valence-electron chi connectivity index (χ4n) is 1.42. The smallest absolute Gasteiger partial charge is 0.278 e. The number of thiazole rings is 1. The van der Waals surface area contributed by atoms with Crippen LogP contribution in [0.2, 0.25) is 0 Å². The molecule has 0 unspecified atom stereocenters. The van der Waals surface area contributed by atoms with Crippen LogP contribution in [0.3, 0.4) is 0 Å². The lowest BCUT2D eigenvalue weighted by atomic mass is 10.2. The van der Waals surface area contributed by atoms with Crippen molar-refractivity contribution < 1.29 is 4.79 Å². The van der Waals surface area contributed by atoms with Crippen LogP contribution in [-0.2, 0) is 0 Å². The van der Waals surface area contributed by atoms with E-state index in [-0.39, 0.29) is 17.5 Å². The predicted octanol–water partition coefficient (Wildman–Crippen LogP) is 2.36. The summed E-state index contributed by atoms with van der Waals surface area (Å²) in [6.07, 6.45) is 3.11. The average Bonchev–Trinajstić information content (AvgIpc) is 2.83. The number of nitrogens with one attached hydrogen (secondary N) is 2. The third kappa shape index (κ3) is 3.30. The lowest BCUT2D eigenvalue weighted by molar-refractivity contribution is 0.102. The van der Waals surface area contributed by atoms with Crippen molar-refractivity contribution in [1.29, 1.82) is 0 Å². The number of hydrogen-bond donors (Lipinski definition) is 3. The molecule has 0 radical (unpaired) electrons. The molecule has 2 aromatic heterocycles. The van der Waals surface area contributed by atoms with Crippen LogP contribution in [0.4, 0.5) is 10.8 Å². The Labute approximate surface area is 128 Å². The molecular weight excluding hydrogens is 344 g/mol. The number of anilines is 2. The fourth-order valence-corrected chi connectivity index (χ4v) is 2.52. The second-order valence-corrected chi connectivity index (χ2v) is 6.62. The van der Waals surface area contributed by atoms with Gasteiger partial charge in [0.2, 0.25) is 0 Å². The Kier molecular flexibility index (Phi) is 4.63. The maximum atomic E-state index is 12.2. The first-order valence-corrected chi connectivity index (χ1v) is 7.38. The third-order valence-corrected chi connectivity index (χ3v) is 3.78. The van der Waals surface area contributed by atoms with Crippen molar-refractivity contribution >= 4 is 44.0 Å². The van der Waals surface area contributed by atoms with Crippen molar-refractivity contribution in [2.24, 2.45) is 5.84 Å². The SMILES string of the molecule is CC(C)c1ncc(NN)c(C(=O)Nc2ncc(Br)s2)n1. The summed E-state index contributed by atoms with van der Waals surface area (Å²) in [4.78, 5) is 24.7. The van der Waals surface area contributed by atoms with E-state index in [2.05, 4.69) is 41.6 Å². The molecule has 0 aromatic carbocycles. The Morgan fingerprint density at radius 2 is 2.15 bits per heavy atom. The van der Waals surface area contributed by atoms with E-state index in [0.29, 0.717) is 16.6 Å². The zero-order valence-corrected chi connectivity index (χ0v) is 13.2. The molecule has 0 atom stereocenters. The van der Waals surface area contributed by atoms with Crippen molar-refractivity contribution in [2.45, 2.75) is 19.8 Å². The van der Waals surface area contributed by atoms with Gasteiger partial charge in [-0.25, -0.2) is 15.0 Å². The first-order chi connectivity index (χ1) is 9.51. The molecule has 20 heavy (non-hydrogen) atoms. The Morgan fingerprint density at radius 1 is 1.40 bits per heavy atom. The summed E-state index contributed by atoms with van der Waals surface area (Å²) in [5.74, 6) is 5.69. The van der Waals surface area contributed by atoms with Gasteiger partial charge in [0.05, 0.1) is 21.9 Å². The summed E-state index contributed by atoms with van der Waals surface area (Å²) in [6, 6.07) is 0. The van der Waals surface area contributed by atoms with Gasteiger partial charge in [-0.2, -0.15) is 0 Å². The molecule has 0 spiro atoms. The number of carbonyl (C=O) groups excluding carboxylic acids is 1. The lowest BCUT2D eigenvalue weighted by Gasteiger charge is -2.10. The van der Waals surface area contributed by atoms with Crippen LogP contribution in [-0.4, -0.2) is 20.9 Å². The van der Waals surface area contributed by atoms with Gasteiger partial charge in [0.25, 0.3) is 5.91 Å². The van der Waals surface area contributed by atoms with Crippen LogP contribution < -0.4 is 16.6 Å². The summed E-state index contributed by atoms with van der Waals surface area (Å²) in [5.41, 5.74) is 2.98. The molecule has 0 aliphatic heterocycles. The molecule has 1 amide bonds. The maximum absolute atomic E-state index is 12.2. The molecule has 0 aliphatic carbocycles. The number of aromatic nitrogens is 3. The largest absolute Gasteiger partial charge is 0.321 e.